The molecule has 0 aliphatic rings. The molecule has 0 fully saturated rings. The van der Waals surface area contributed by atoms with E-state index in [1.54, 1.807) is 27.9 Å². The molecule has 0 saturated carbocycles. The summed E-state index contributed by atoms with van der Waals surface area (Å²) in [4.78, 5) is 25.1. The Bertz CT molecular complexity index is 1020. The standard InChI is InChI=1S/C31H47N3O6/c1-30(2,3)39-28(36)33-24(18-22-14-10-8-11-15-22)26(35)20-32-21-27(38-7)25(19-23-16-12-9-13-17-23)34-29(37)40-31(4,5)6/h8-17,24-27,32,35H,18-21H2,1-7H3,(H,33,36)(H,34,37)/t24-,25-,26?,27+/m0/s1. The van der Waals surface area contributed by atoms with E-state index in [1.165, 1.54) is 0 Å². The number of alkyl carbamates (subject to hydrolysis) is 2. The molecule has 2 aromatic carbocycles. The van der Waals surface area contributed by atoms with Crippen molar-refractivity contribution in [3.8, 4) is 0 Å². The van der Waals surface area contributed by atoms with Crippen LogP contribution >= 0.6 is 0 Å². The van der Waals surface area contributed by atoms with Gasteiger partial charge in [-0.15, -0.1) is 0 Å². The Morgan fingerprint density at radius 1 is 0.725 bits per heavy atom. The quantitative estimate of drug-likeness (QED) is 0.291. The number of carbonyl (C=O) groups excluding carboxylic acids is 2. The molecule has 0 radical (unpaired) electrons. The molecule has 9 nitrogen and oxygen atoms in total. The van der Waals surface area contributed by atoms with Crippen LogP contribution in [0.25, 0.3) is 0 Å². The topological polar surface area (TPSA) is 118 Å². The third-order valence-corrected chi connectivity index (χ3v) is 5.92. The maximum Gasteiger partial charge on any atom is 0.407 e. The minimum absolute atomic E-state index is 0.178. The second kappa shape index (κ2) is 15.6. The molecule has 40 heavy (non-hydrogen) atoms. The Kier molecular flexibility index (Phi) is 12.9. The van der Waals surface area contributed by atoms with Crippen LogP contribution in [-0.2, 0) is 27.1 Å². The Labute approximate surface area is 239 Å². The van der Waals surface area contributed by atoms with E-state index in [-0.39, 0.29) is 6.54 Å². The molecule has 0 bridgehead atoms. The van der Waals surface area contributed by atoms with Crippen LogP contribution in [0.3, 0.4) is 0 Å². The van der Waals surface area contributed by atoms with Crippen molar-refractivity contribution in [3.05, 3.63) is 71.8 Å². The van der Waals surface area contributed by atoms with E-state index in [4.69, 9.17) is 14.2 Å². The van der Waals surface area contributed by atoms with Crippen molar-refractivity contribution in [2.75, 3.05) is 20.2 Å². The van der Waals surface area contributed by atoms with E-state index < -0.39 is 47.7 Å². The highest BCUT2D eigenvalue weighted by Crippen LogP contribution is 2.13. The van der Waals surface area contributed by atoms with E-state index >= 15 is 0 Å². The summed E-state index contributed by atoms with van der Waals surface area (Å²) >= 11 is 0. The average molecular weight is 558 g/mol. The van der Waals surface area contributed by atoms with Crippen LogP contribution in [0.1, 0.15) is 52.7 Å². The van der Waals surface area contributed by atoms with Gasteiger partial charge in [0.1, 0.15) is 11.2 Å². The molecule has 1 unspecified atom stereocenters. The number of nitrogens with one attached hydrogen (secondary N) is 3. The predicted octanol–water partition coefficient (Wildman–Crippen LogP) is 4.22. The molecule has 2 aromatic rings. The minimum atomic E-state index is -0.920. The van der Waals surface area contributed by atoms with E-state index in [2.05, 4.69) is 16.0 Å². The lowest BCUT2D eigenvalue weighted by atomic mass is 10.00. The van der Waals surface area contributed by atoms with Crippen LogP contribution in [0.4, 0.5) is 9.59 Å². The first-order valence-corrected chi connectivity index (χ1v) is 13.7. The average Bonchev–Trinajstić information content (AvgIpc) is 2.85. The fourth-order valence-electron chi connectivity index (χ4n) is 4.12. The second-order valence-corrected chi connectivity index (χ2v) is 11.9. The maximum absolute atomic E-state index is 12.6. The van der Waals surface area contributed by atoms with Crippen molar-refractivity contribution in [2.45, 2.75) is 89.9 Å². The Morgan fingerprint density at radius 3 is 1.57 bits per heavy atom. The molecule has 4 N–H and O–H groups in total. The van der Waals surface area contributed by atoms with Gasteiger partial charge in [0.15, 0.2) is 0 Å². The van der Waals surface area contributed by atoms with Gasteiger partial charge in [-0.2, -0.15) is 0 Å². The lowest BCUT2D eigenvalue weighted by Gasteiger charge is -2.30. The fourth-order valence-corrected chi connectivity index (χ4v) is 4.12. The zero-order valence-corrected chi connectivity index (χ0v) is 24.9. The number of amides is 2. The van der Waals surface area contributed by atoms with Crippen LogP contribution in [-0.4, -0.2) is 73.0 Å². The highest BCUT2D eigenvalue weighted by molar-refractivity contribution is 5.68. The van der Waals surface area contributed by atoms with Gasteiger partial charge in [0.25, 0.3) is 0 Å². The van der Waals surface area contributed by atoms with Crippen molar-refractivity contribution in [2.24, 2.45) is 0 Å². The van der Waals surface area contributed by atoms with Crippen LogP contribution < -0.4 is 16.0 Å². The number of hydrogen-bond donors (Lipinski definition) is 4. The van der Waals surface area contributed by atoms with Crippen molar-refractivity contribution < 1.29 is 28.9 Å². The van der Waals surface area contributed by atoms with Crippen molar-refractivity contribution in [1.29, 1.82) is 0 Å². The molecule has 0 heterocycles. The Hall–Kier alpha value is -3.14. The van der Waals surface area contributed by atoms with Gasteiger partial charge in [-0.3, -0.25) is 0 Å². The zero-order valence-electron chi connectivity index (χ0n) is 24.9. The second-order valence-electron chi connectivity index (χ2n) is 11.9. The summed E-state index contributed by atoms with van der Waals surface area (Å²) in [5, 5.41) is 20.1. The number of ether oxygens (including phenoxy) is 3. The zero-order chi connectivity index (χ0) is 29.8. The molecule has 0 aromatic heterocycles. The Balaban J connectivity index is 2.08. The fraction of sp³-hybridized carbons (Fsp3) is 0.548. The molecule has 0 saturated heterocycles. The van der Waals surface area contributed by atoms with Crippen LogP contribution in [0.15, 0.2) is 60.7 Å². The summed E-state index contributed by atoms with van der Waals surface area (Å²) < 4.78 is 16.7. The van der Waals surface area contributed by atoms with Crippen LogP contribution in [0, 0.1) is 0 Å². The van der Waals surface area contributed by atoms with Gasteiger partial charge in [0, 0.05) is 20.2 Å². The lowest BCUT2D eigenvalue weighted by molar-refractivity contribution is 0.0313. The first-order chi connectivity index (χ1) is 18.8. The molecule has 2 amide bonds. The monoisotopic (exact) mass is 557 g/mol. The number of rotatable bonds is 13. The van der Waals surface area contributed by atoms with Crippen molar-refractivity contribution >= 4 is 12.2 Å². The van der Waals surface area contributed by atoms with Gasteiger partial charge >= 0.3 is 12.2 Å². The third-order valence-electron chi connectivity index (χ3n) is 5.92. The molecule has 0 aliphatic heterocycles. The van der Waals surface area contributed by atoms with Gasteiger partial charge in [-0.1, -0.05) is 60.7 Å². The van der Waals surface area contributed by atoms with Gasteiger partial charge < -0.3 is 35.3 Å². The molecule has 222 valence electrons. The van der Waals surface area contributed by atoms with Crippen LogP contribution in [0.5, 0.6) is 0 Å². The third kappa shape index (κ3) is 13.3. The number of carbonyl (C=O) groups is 2. The van der Waals surface area contributed by atoms with Gasteiger partial charge in [0.2, 0.25) is 0 Å². The summed E-state index contributed by atoms with van der Waals surface area (Å²) in [6, 6.07) is 18.5. The SMILES string of the molecule is CO[C@H](CNCC(O)[C@H](Cc1ccccc1)NC(=O)OC(C)(C)C)[C@H](Cc1ccccc1)NC(=O)OC(C)(C)C. The van der Waals surface area contributed by atoms with Gasteiger partial charge in [0.05, 0.1) is 24.3 Å². The molecular weight excluding hydrogens is 510 g/mol. The largest absolute Gasteiger partial charge is 0.444 e. The number of hydrogen-bond acceptors (Lipinski definition) is 7. The van der Waals surface area contributed by atoms with Crippen molar-refractivity contribution in [1.82, 2.24) is 16.0 Å². The summed E-state index contributed by atoms with van der Waals surface area (Å²) in [6.45, 7) is 11.3. The van der Waals surface area contributed by atoms with E-state index in [0.29, 0.717) is 19.4 Å². The normalized spacial score (nSPS) is 14.9. The Morgan fingerprint density at radius 2 is 1.15 bits per heavy atom. The maximum atomic E-state index is 12.6. The van der Waals surface area contributed by atoms with Gasteiger partial charge in [-0.05, 0) is 65.5 Å². The molecule has 4 atom stereocenters. The summed E-state index contributed by atoms with van der Waals surface area (Å²) in [5.41, 5.74) is 0.712. The summed E-state index contributed by atoms with van der Waals surface area (Å²) in [7, 11) is 1.58. The van der Waals surface area contributed by atoms with Crippen LogP contribution in [0.2, 0.25) is 0 Å². The van der Waals surface area contributed by atoms with Crippen molar-refractivity contribution in [3.63, 3.8) is 0 Å². The predicted molar refractivity (Wildman–Crippen MR) is 156 cm³/mol. The number of methoxy groups -OCH3 is 1. The number of aliphatic hydroxyl groups excluding tert-OH is 1. The van der Waals surface area contributed by atoms with E-state index in [9.17, 15) is 14.7 Å². The number of aliphatic hydroxyl groups is 1. The summed E-state index contributed by atoms with van der Waals surface area (Å²) in [5.74, 6) is 0. The smallest absolute Gasteiger partial charge is 0.407 e. The van der Waals surface area contributed by atoms with Gasteiger partial charge in [-0.25, -0.2) is 9.59 Å². The first-order valence-electron chi connectivity index (χ1n) is 13.7. The molecular formula is C31H47N3O6. The summed E-state index contributed by atoms with van der Waals surface area (Å²) in [6.07, 6.45) is -1.51. The highest BCUT2D eigenvalue weighted by Gasteiger charge is 2.28. The first kappa shape index (κ1) is 33.1. The lowest BCUT2D eigenvalue weighted by Crippen LogP contribution is -2.53. The molecule has 2 rings (SSSR count). The molecule has 0 aliphatic carbocycles. The minimum Gasteiger partial charge on any atom is -0.444 e. The molecule has 9 heteroatoms. The van der Waals surface area contributed by atoms with E-state index in [0.717, 1.165) is 11.1 Å². The highest BCUT2D eigenvalue weighted by atomic mass is 16.6. The van der Waals surface area contributed by atoms with E-state index in [1.807, 2.05) is 81.4 Å². The number of benzene rings is 2. The molecule has 0 spiro atoms.